The zero-order valence-corrected chi connectivity index (χ0v) is 9.91. The second kappa shape index (κ2) is 8.05. The number of carbonyl (C=O) groups is 1. The molecule has 1 aromatic rings. The predicted octanol–water partition coefficient (Wildman–Crippen LogP) is 4.04. The molecule has 0 amide bonds. The molecular weight excluding hydrogens is 208 g/mol. The molecule has 0 aromatic heterocycles. The van der Waals surface area contributed by atoms with E-state index in [0.717, 1.165) is 11.8 Å². The van der Waals surface area contributed by atoms with Gasteiger partial charge in [-0.2, -0.15) is 0 Å². The van der Waals surface area contributed by atoms with E-state index in [-0.39, 0.29) is 0 Å². The van der Waals surface area contributed by atoms with Gasteiger partial charge in [0.05, 0.1) is 0 Å². The molecule has 0 saturated heterocycles. The molecule has 0 bridgehead atoms. The summed E-state index contributed by atoms with van der Waals surface area (Å²) in [4.78, 5) is 10.1. The molecule has 86 valence electrons. The van der Waals surface area contributed by atoms with Gasteiger partial charge in [0.2, 0.25) is 0 Å². The minimum absolute atomic E-state index is 0.763. The number of hydrogen-bond acceptors (Lipinski definition) is 1. The first-order valence-corrected chi connectivity index (χ1v) is 5.55. The second-order valence-electron chi connectivity index (χ2n) is 3.43. The van der Waals surface area contributed by atoms with Crippen LogP contribution in [0.2, 0.25) is 0 Å². The molecule has 0 atom stereocenters. The van der Waals surface area contributed by atoms with Crippen LogP contribution in [0.5, 0.6) is 0 Å². The molecule has 0 spiro atoms. The van der Waals surface area contributed by atoms with Crippen LogP contribution in [0.4, 0.5) is 0 Å². The van der Waals surface area contributed by atoms with E-state index in [1.54, 1.807) is 6.08 Å². The van der Waals surface area contributed by atoms with Crippen molar-refractivity contribution in [3.8, 4) is 0 Å². The molecule has 0 aliphatic carbocycles. The van der Waals surface area contributed by atoms with Gasteiger partial charge >= 0.3 is 0 Å². The van der Waals surface area contributed by atoms with Crippen molar-refractivity contribution in [3.05, 3.63) is 71.8 Å². The number of allylic oxidation sites excluding steroid dienone is 6. The molecule has 1 nitrogen and oxygen atoms in total. The quantitative estimate of drug-likeness (QED) is 0.419. The summed E-state index contributed by atoms with van der Waals surface area (Å²) in [6, 6.07) is 8.20. The first-order valence-electron chi connectivity index (χ1n) is 5.55. The van der Waals surface area contributed by atoms with Crippen molar-refractivity contribution in [2.45, 2.75) is 6.92 Å². The number of aldehydes is 1. The number of benzene rings is 1. The molecule has 0 aliphatic heterocycles. The maximum atomic E-state index is 10.1. The van der Waals surface area contributed by atoms with E-state index in [9.17, 15) is 4.79 Å². The van der Waals surface area contributed by atoms with Crippen LogP contribution in [-0.4, -0.2) is 6.29 Å². The predicted molar refractivity (Wildman–Crippen MR) is 74.5 cm³/mol. The third-order valence-corrected chi connectivity index (χ3v) is 2.12. The van der Waals surface area contributed by atoms with Gasteiger partial charge in [-0.05, 0) is 24.1 Å². The Hall–Kier alpha value is -2.15. The van der Waals surface area contributed by atoms with Gasteiger partial charge in [-0.3, -0.25) is 4.79 Å². The molecule has 0 heterocycles. The van der Waals surface area contributed by atoms with Gasteiger partial charge in [0.1, 0.15) is 6.29 Å². The summed E-state index contributed by atoms with van der Waals surface area (Å²) in [6.45, 7) is 1.99. The molecule has 0 N–H and O–H groups in total. The third-order valence-electron chi connectivity index (χ3n) is 2.12. The summed E-state index contributed by atoms with van der Waals surface area (Å²) in [5.41, 5.74) is 2.28. The van der Waals surface area contributed by atoms with E-state index in [0.29, 0.717) is 0 Å². The van der Waals surface area contributed by atoms with Gasteiger partial charge in [0.15, 0.2) is 0 Å². The Kier molecular flexibility index (Phi) is 6.12. The first-order chi connectivity index (χ1) is 8.36. The molecule has 0 aliphatic rings. The van der Waals surface area contributed by atoms with E-state index in [1.165, 1.54) is 11.6 Å². The average Bonchev–Trinajstić information content (AvgIpc) is 2.37. The maximum absolute atomic E-state index is 10.1. The van der Waals surface area contributed by atoms with Crippen LogP contribution < -0.4 is 0 Å². The Bertz CT molecular complexity index is 445. The summed E-state index contributed by atoms with van der Waals surface area (Å²) < 4.78 is 0. The molecule has 1 heteroatoms. The molecular formula is C16H16O. The van der Waals surface area contributed by atoms with Crippen molar-refractivity contribution in [3.63, 3.8) is 0 Å². The zero-order chi connectivity index (χ0) is 12.3. The van der Waals surface area contributed by atoms with Gasteiger partial charge in [-0.25, -0.2) is 0 Å². The molecule has 0 unspecified atom stereocenters. The second-order valence-corrected chi connectivity index (χ2v) is 3.43. The largest absolute Gasteiger partial charge is 0.299 e. The highest BCUT2D eigenvalue weighted by Gasteiger charge is 1.86. The smallest absolute Gasteiger partial charge is 0.142 e. The lowest BCUT2D eigenvalue weighted by Gasteiger charge is -1.94. The van der Waals surface area contributed by atoms with Gasteiger partial charge in [-0.15, -0.1) is 0 Å². The highest BCUT2D eigenvalue weighted by molar-refractivity contribution is 5.66. The van der Waals surface area contributed by atoms with Crippen molar-refractivity contribution in [2.24, 2.45) is 0 Å². The van der Waals surface area contributed by atoms with Crippen LogP contribution in [0.15, 0.2) is 60.7 Å². The summed E-state index contributed by atoms with van der Waals surface area (Å²) in [7, 11) is 0. The molecule has 1 aromatic carbocycles. The molecule has 0 saturated carbocycles. The Balaban J connectivity index is 2.64. The minimum atomic E-state index is 0.763. The SMILES string of the molecule is CC=CC=Cc1ccc(C=CC=CC=O)cc1. The lowest BCUT2D eigenvalue weighted by Crippen LogP contribution is -1.73. The fourth-order valence-electron chi connectivity index (χ4n) is 1.27. The number of carbonyl (C=O) groups excluding carboxylic acids is 1. The lowest BCUT2D eigenvalue weighted by molar-refractivity contribution is -0.104. The maximum Gasteiger partial charge on any atom is 0.142 e. The molecule has 1 rings (SSSR count). The van der Waals surface area contributed by atoms with Gasteiger partial charge in [0, 0.05) is 0 Å². The first kappa shape index (κ1) is 12.9. The number of hydrogen-bond donors (Lipinski definition) is 0. The Morgan fingerprint density at radius 3 is 1.76 bits per heavy atom. The van der Waals surface area contributed by atoms with Crippen LogP contribution in [-0.2, 0) is 4.79 Å². The van der Waals surface area contributed by atoms with Crippen molar-refractivity contribution < 1.29 is 4.79 Å². The van der Waals surface area contributed by atoms with Crippen molar-refractivity contribution in [1.82, 2.24) is 0 Å². The summed E-state index contributed by atoms with van der Waals surface area (Å²) in [5, 5.41) is 0. The lowest BCUT2D eigenvalue weighted by atomic mass is 10.1. The van der Waals surface area contributed by atoms with Crippen LogP contribution in [0.1, 0.15) is 18.1 Å². The van der Waals surface area contributed by atoms with E-state index >= 15 is 0 Å². The average molecular weight is 224 g/mol. The number of rotatable bonds is 5. The van der Waals surface area contributed by atoms with Gasteiger partial charge in [0.25, 0.3) is 0 Å². The fraction of sp³-hybridized carbons (Fsp3) is 0.0625. The third kappa shape index (κ3) is 5.47. The molecule has 0 fully saturated rings. The monoisotopic (exact) mass is 224 g/mol. The van der Waals surface area contributed by atoms with Crippen molar-refractivity contribution >= 4 is 18.4 Å². The van der Waals surface area contributed by atoms with Crippen molar-refractivity contribution in [2.75, 3.05) is 0 Å². The molecule has 17 heavy (non-hydrogen) atoms. The van der Waals surface area contributed by atoms with Gasteiger partial charge < -0.3 is 0 Å². The minimum Gasteiger partial charge on any atom is -0.299 e. The highest BCUT2D eigenvalue weighted by atomic mass is 16.1. The van der Waals surface area contributed by atoms with E-state index < -0.39 is 0 Å². The van der Waals surface area contributed by atoms with Crippen LogP contribution in [0, 0.1) is 0 Å². The van der Waals surface area contributed by atoms with Crippen LogP contribution in [0.3, 0.4) is 0 Å². The Morgan fingerprint density at radius 1 is 0.765 bits per heavy atom. The van der Waals surface area contributed by atoms with Gasteiger partial charge in [-0.1, -0.05) is 66.8 Å². The summed E-state index contributed by atoms with van der Waals surface area (Å²) in [5.74, 6) is 0. The summed E-state index contributed by atoms with van der Waals surface area (Å²) >= 11 is 0. The zero-order valence-electron chi connectivity index (χ0n) is 9.91. The Morgan fingerprint density at radius 2 is 1.29 bits per heavy atom. The fourth-order valence-corrected chi connectivity index (χ4v) is 1.27. The highest BCUT2D eigenvalue weighted by Crippen LogP contribution is 2.08. The van der Waals surface area contributed by atoms with Crippen molar-refractivity contribution in [1.29, 1.82) is 0 Å². The Labute approximate surface area is 102 Å². The topological polar surface area (TPSA) is 17.1 Å². The van der Waals surface area contributed by atoms with E-state index in [1.807, 2.05) is 49.4 Å². The summed E-state index contributed by atoms with van der Waals surface area (Å²) in [6.07, 6.45) is 15.8. The van der Waals surface area contributed by atoms with E-state index in [2.05, 4.69) is 18.2 Å². The van der Waals surface area contributed by atoms with E-state index in [4.69, 9.17) is 0 Å². The van der Waals surface area contributed by atoms with Crippen LogP contribution >= 0.6 is 0 Å². The molecule has 0 radical (unpaired) electrons. The normalized spacial score (nSPS) is 12.3. The van der Waals surface area contributed by atoms with Crippen LogP contribution in [0.25, 0.3) is 12.2 Å². The standard InChI is InChI=1S/C16H16O/c1-2-3-5-8-15-10-12-16(13-11-15)9-6-4-7-14-17/h2-14H,1H3.